The maximum absolute atomic E-state index is 4.59. The lowest BCUT2D eigenvalue weighted by atomic mass is 10.1. The average molecular weight is 496 g/mol. The monoisotopic (exact) mass is 495 g/mol. The number of H-pyrrole nitrogens is 2. The molecule has 4 N–H and O–H groups in total. The van der Waals surface area contributed by atoms with E-state index in [2.05, 4.69) is 55.9 Å². The fourth-order valence-electron chi connectivity index (χ4n) is 4.92. The number of anilines is 4. The molecular formula is C27H17N11. The number of hydrogen-bond donors (Lipinski definition) is 4. The maximum atomic E-state index is 4.59. The lowest BCUT2D eigenvalue weighted by Gasteiger charge is -2.06. The molecule has 0 atom stereocenters. The van der Waals surface area contributed by atoms with E-state index < -0.39 is 0 Å². The van der Waals surface area contributed by atoms with Gasteiger partial charge in [-0.15, -0.1) is 0 Å². The number of hydrogen-bond acceptors (Lipinski definition) is 9. The summed E-state index contributed by atoms with van der Waals surface area (Å²) in [6.07, 6.45) is 8.48. The van der Waals surface area contributed by atoms with Gasteiger partial charge in [0.2, 0.25) is 0 Å². The third-order valence-electron chi connectivity index (χ3n) is 6.66. The second-order valence-corrected chi connectivity index (χ2v) is 8.91. The van der Waals surface area contributed by atoms with Crippen LogP contribution in [-0.4, -0.2) is 45.3 Å². The van der Waals surface area contributed by atoms with Crippen molar-refractivity contribution in [1.29, 1.82) is 0 Å². The molecule has 0 radical (unpaired) electrons. The predicted molar refractivity (Wildman–Crippen MR) is 146 cm³/mol. The molecule has 0 spiro atoms. The molecule has 11 nitrogen and oxygen atoms in total. The van der Waals surface area contributed by atoms with Gasteiger partial charge in [-0.1, -0.05) is 12.1 Å². The Bertz CT molecular complexity index is 1960. The van der Waals surface area contributed by atoms with Gasteiger partial charge in [-0.3, -0.25) is 4.98 Å². The topological polar surface area (TPSA) is 146 Å². The van der Waals surface area contributed by atoms with E-state index in [-0.39, 0.29) is 0 Å². The van der Waals surface area contributed by atoms with Crippen molar-refractivity contribution in [2.75, 3.05) is 10.6 Å². The summed E-state index contributed by atoms with van der Waals surface area (Å²) in [5.74, 6) is 2.86. The van der Waals surface area contributed by atoms with Crippen LogP contribution in [0.15, 0.2) is 79.6 Å². The molecule has 2 aliphatic heterocycles. The van der Waals surface area contributed by atoms with Gasteiger partial charge >= 0.3 is 0 Å². The maximum Gasteiger partial charge on any atom is 0.142 e. The molecule has 2 aromatic carbocycles. The van der Waals surface area contributed by atoms with Crippen molar-refractivity contribution in [2.45, 2.75) is 0 Å². The van der Waals surface area contributed by atoms with Crippen molar-refractivity contribution >= 4 is 66.9 Å². The molecule has 11 heteroatoms. The fraction of sp³-hybridized carbons (Fsp3) is 0. The molecule has 0 fully saturated rings. The Morgan fingerprint density at radius 1 is 0.605 bits per heavy atom. The van der Waals surface area contributed by atoms with Gasteiger partial charge in [0.1, 0.15) is 29.6 Å². The third-order valence-corrected chi connectivity index (χ3v) is 6.66. The molecule has 0 saturated heterocycles. The number of benzene rings is 2. The molecular weight excluding hydrogens is 478 g/mol. The van der Waals surface area contributed by atoms with Crippen LogP contribution in [0.2, 0.25) is 0 Å². The van der Waals surface area contributed by atoms with Gasteiger partial charge in [0, 0.05) is 45.1 Å². The standard InChI is InChI=1S/C27H17N11/c1-3-20-16(5-7-31-37-20)24-14(1)9-22(33-24)35-26-18-11-28-12-19(18)27(30-13-29-26)36-23-10-15-2-4-21-17(25(15)34-23)6-8-32-38-21/h1-13,33-34H,(H2,29,30,35,36). The Morgan fingerprint density at radius 3 is 1.66 bits per heavy atom. The Hall–Kier alpha value is -5.71. The van der Waals surface area contributed by atoms with Crippen LogP contribution in [0.3, 0.4) is 0 Å². The highest BCUT2D eigenvalue weighted by Crippen LogP contribution is 2.36. The summed E-state index contributed by atoms with van der Waals surface area (Å²) < 4.78 is 0. The van der Waals surface area contributed by atoms with Gasteiger partial charge in [-0.05, 0) is 36.4 Å². The van der Waals surface area contributed by atoms with Gasteiger partial charge in [0.25, 0.3) is 0 Å². The van der Waals surface area contributed by atoms with Crippen LogP contribution in [0.1, 0.15) is 0 Å². The van der Waals surface area contributed by atoms with Gasteiger partial charge < -0.3 is 20.6 Å². The summed E-state index contributed by atoms with van der Waals surface area (Å²) in [6, 6.07) is 15.9. The SMILES string of the molecule is c1cc2c(ccc3cc(Nc4ncnc(Nc5cc6ccc7nnccc7c6[nH]5)c5cncc4-5)[nH]c32)nn1. The lowest BCUT2D eigenvalue weighted by Crippen LogP contribution is -1.95. The van der Waals surface area contributed by atoms with Gasteiger partial charge in [0.05, 0.1) is 34.5 Å². The van der Waals surface area contributed by atoms with Crippen LogP contribution in [0.4, 0.5) is 23.3 Å². The second kappa shape index (κ2) is 7.90. The molecule has 0 saturated carbocycles. The van der Waals surface area contributed by atoms with Crippen molar-refractivity contribution in [3.63, 3.8) is 0 Å². The molecule has 8 rings (SSSR count). The first-order valence-corrected chi connectivity index (χ1v) is 11.9. The van der Waals surface area contributed by atoms with Crippen LogP contribution in [0.5, 0.6) is 0 Å². The van der Waals surface area contributed by atoms with Crippen molar-refractivity contribution in [2.24, 2.45) is 0 Å². The molecule has 180 valence electrons. The van der Waals surface area contributed by atoms with Crippen molar-refractivity contribution in [1.82, 2.24) is 45.3 Å². The average Bonchev–Trinajstić information content (AvgIpc) is 3.68. The normalized spacial score (nSPS) is 11.7. The highest BCUT2D eigenvalue weighted by Gasteiger charge is 2.17. The third kappa shape index (κ3) is 3.19. The number of rotatable bonds is 4. The molecule has 0 amide bonds. The summed E-state index contributed by atoms with van der Waals surface area (Å²) >= 11 is 0. The van der Waals surface area contributed by atoms with E-state index in [1.165, 1.54) is 6.33 Å². The van der Waals surface area contributed by atoms with E-state index in [9.17, 15) is 0 Å². The zero-order valence-electron chi connectivity index (χ0n) is 19.6. The highest BCUT2D eigenvalue weighted by molar-refractivity contribution is 6.06. The zero-order chi connectivity index (χ0) is 25.1. The predicted octanol–water partition coefficient (Wildman–Crippen LogP) is 5.31. The van der Waals surface area contributed by atoms with Crippen LogP contribution in [0, 0.1) is 0 Å². The summed E-state index contributed by atoms with van der Waals surface area (Å²) in [5, 5.41) is 27.3. The minimum atomic E-state index is 0.634. The van der Waals surface area contributed by atoms with Crippen LogP contribution in [0.25, 0.3) is 54.7 Å². The number of fused-ring (bicyclic) bond motifs is 7. The number of nitrogens with one attached hydrogen (secondary N) is 4. The molecule has 0 aliphatic carbocycles. The Balaban J connectivity index is 1.15. The summed E-state index contributed by atoms with van der Waals surface area (Å²) in [7, 11) is 0. The van der Waals surface area contributed by atoms with E-state index >= 15 is 0 Å². The van der Waals surface area contributed by atoms with Crippen molar-refractivity contribution < 1.29 is 0 Å². The van der Waals surface area contributed by atoms with E-state index in [1.807, 2.05) is 48.5 Å². The molecule has 0 bridgehead atoms. The Morgan fingerprint density at radius 2 is 1.13 bits per heavy atom. The van der Waals surface area contributed by atoms with Crippen LogP contribution in [-0.2, 0) is 0 Å². The first-order chi connectivity index (χ1) is 18.8. The fourth-order valence-corrected chi connectivity index (χ4v) is 4.92. The van der Waals surface area contributed by atoms with E-state index in [0.717, 1.165) is 66.4 Å². The van der Waals surface area contributed by atoms with Crippen molar-refractivity contribution in [3.8, 4) is 11.1 Å². The summed E-state index contributed by atoms with van der Waals surface area (Å²) in [6.45, 7) is 0. The first-order valence-electron chi connectivity index (χ1n) is 11.9. The van der Waals surface area contributed by atoms with Crippen LogP contribution >= 0.6 is 0 Å². The largest absolute Gasteiger partial charge is 0.341 e. The summed E-state index contributed by atoms with van der Waals surface area (Å²) in [4.78, 5) is 20.5. The van der Waals surface area contributed by atoms with E-state index in [0.29, 0.717) is 11.6 Å². The molecule has 4 aromatic heterocycles. The first kappa shape index (κ1) is 20.5. The molecule has 6 aromatic rings. The second-order valence-electron chi connectivity index (χ2n) is 8.91. The van der Waals surface area contributed by atoms with Gasteiger partial charge in [-0.25, -0.2) is 9.97 Å². The zero-order valence-corrected chi connectivity index (χ0v) is 19.6. The van der Waals surface area contributed by atoms with Gasteiger partial charge in [0.15, 0.2) is 0 Å². The molecule has 38 heavy (non-hydrogen) atoms. The van der Waals surface area contributed by atoms with Crippen molar-refractivity contribution in [3.05, 3.63) is 79.6 Å². The number of aromatic nitrogens is 9. The molecule has 2 aliphatic rings. The van der Waals surface area contributed by atoms with E-state index in [1.54, 1.807) is 24.8 Å². The van der Waals surface area contributed by atoms with Gasteiger partial charge in [-0.2, -0.15) is 20.4 Å². The molecule has 6 heterocycles. The number of nitrogens with zero attached hydrogens (tertiary/aromatic N) is 7. The molecule has 0 unspecified atom stereocenters. The summed E-state index contributed by atoms with van der Waals surface area (Å²) in [5.41, 5.74) is 5.29. The van der Waals surface area contributed by atoms with Crippen LogP contribution < -0.4 is 10.6 Å². The highest BCUT2D eigenvalue weighted by atomic mass is 15.1. The van der Waals surface area contributed by atoms with E-state index in [4.69, 9.17) is 0 Å². The minimum Gasteiger partial charge on any atom is -0.341 e. The minimum absolute atomic E-state index is 0.634. The lowest BCUT2D eigenvalue weighted by molar-refractivity contribution is 1.08. The Kier molecular flexibility index (Phi) is 4.26. The number of aromatic amines is 2. The smallest absolute Gasteiger partial charge is 0.142 e. The Labute approximate surface area is 213 Å². The quantitative estimate of drug-likeness (QED) is 0.255.